The van der Waals surface area contributed by atoms with Crippen molar-refractivity contribution in [2.75, 3.05) is 26.4 Å². The minimum Gasteiger partial charge on any atom is -0.489 e. The van der Waals surface area contributed by atoms with Gasteiger partial charge in [-0.15, -0.1) is 0 Å². The van der Waals surface area contributed by atoms with Crippen molar-refractivity contribution in [3.8, 4) is 56.8 Å². The van der Waals surface area contributed by atoms with E-state index >= 15 is 0 Å². The molecular formula is C54H52O10. The lowest BCUT2D eigenvalue weighted by Crippen LogP contribution is -2.30. The van der Waals surface area contributed by atoms with Gasteiger partial charge in [-0.2, -0.15) is 0 Å². The van der Waals surface area contributed by atoms with Gasteiger partial charge in [-0.3, -0.25) is 0 Å². The fraction of sp³-hybridized carbons (Fsp3) is 0.167. The number of aliphatic carboxylic acids is 1. The summed E-state index contributed by atoms with van der Waals surface area (Å²) in [6, 6.07) is 44.3. The number of hydrogen-bond acceptors (Lipinski definition) is 9. The highest BCUT2D eigenvalue weighted by molar-refractivity contribution is 5.90. The molecule has 64 heavy (non-hydrogen) atoms. The van der Waals surface area contributed by atoms with Gasteiger partial charge in [0.25, 0.3) is 0 Å². The van der Waals surface area contributed by atoms with Crippen LogP contribution in [-0.4, -0.2) is 49.4 Å². The minimum atomic E-state index is -1.07. The predicted molar refractivity (Wildman–Crippen MR) is 250 cm³/mol. The Kier molecular flexibility index (Phi) is 16.8. The van der Waals surface area contributed by atoms with Gasteiger partial charge in [-0.05, 0) is 85.3 Å². The molecule has 0 atom stereocenters. The van der Waals surface area contributed by atoms with E-state index in [9.17, 15) is 14.4 Å². The van der Waals surface area contributed by atoms with Crippen molar-refractivity contribution in [2.24, 2.45) is 0 Å². The lowest BCUT2D eigenvalue weighted by molar-refractivity contribution is -0.131. The number of hydrogen-bond donors (Lipinski definition) is 1. The van der Waals surface area contributed by atoms with Crippen LogP contribution in [0.15, 0.2) is 171 Å². The first kappa shape index (κ1) is 47.2. The molecule has 1 aliphatic carbocycles. The second-order valence-electron chi connectivity index (χ2n) is 13.6. The lowest BCUT2D eigenvalue weighted by Gasteiger charge is -2.37. The molecule has 0 spiro atoms. The number of rotatable bonds is 16. The van der Waals surface area contributed by atoms with Crippen molar-refractivity contribution in [1.29, 1.82) is 0 Å². The topological polar surface area (TPSA) is 127 Å². The van der Waals surface area contributed by atoms with E-state index in [1.54, 1.807) is 12.1 Å². The molecule has 0 unspecified atom stereocenters. The number of carbonyl (C=O) groups excluding carboxylic acids is 2. The van der Waals surface area contributed by atoms with Gasteiger partial charge in [0.05, 0.1) is 31.8 Å². The molecule has 1 aliphatic rings. The molecule has 328 valence electrons. The molecule has 0 saturated carbocycles. The average Bonchev–Trinajstić information content (AvgIpc) is 3.62. The van der Waals surface area contributed by atoms with Crippen LogP contribution in [0.5, 0.6) is 34.5 Å². The molecule has 0 heterocycles. The first-order valence-corrected chi connectivity index (χ1v) is 20.8. The summed E-state index contributed by atoms with van der Waals surface area (Å²) in [5.74, 6) is -0.476. The highest BCUT2D eigenvalue weighted by Gasteiger charge is 2.51. The van der Waals surface area contributed by atoms with Gasteiger partial charge in [0, 0.05) is 29.4 Å². The first-order valence-electron chi connectivity index (χ1n) is 20.8. The number of esters is 2. The molecule has 10 nitrogen and oxygen atoms in total. The average molecular weight is 861 g/mol. The lowest BCUT2D eigenvalue weighted by atomic mass is 9.66. The van der Waals surface area contributed by atoms with E-state index < -0.39 is 23.3 Å². The summed E-state index contributed by atoms with van der Waals surface area (Å²) in [7, 11) is 0. The Morgan fingerprint density at radius 1 is 0.453 bits per heavy atom. The summed E-state index contributed by atoms with van der Waals surface area (Å²) in [6.07, 6.45) is 3.03. The Hall–Kier alpha value is -7.85. The summed E-state index contributed by atoms with van der Waals surface area (Å²) in [6.45, 7) is 18.7. The smallest absolute Gasteiger partial charge is 0.335 e. The Morgan fingerprint density at radius 3 is 1.11 bits per heavy atom. The molecule has 1 N–H and O–H groups in total. The Labute approximate surface area is 374 Å². The zero-order chi connectivity index (χ0) is 46.1. The van der Waals surface area contributed by atoms with Crippen molar-refractivity contribution in [3.05, 3.63) is 194 Å². The number of carboxylic acid groups (broad SMARTS) is 1. The molecule has 6 aromatic rings. The summed E-state index contributed by atoms with van der Waals surface area (Å²) < 4.78 is 36.5. The number of carboxylic acids is 1. The van der Waals surface area contributed by atoms with Crippen LogP contribution in [-0.2, 0) is 19.8 Å². The van der Waals surface area contributed by atoms with Crippen molar-refractivity contribution in [1.82, 2.24) is 0 Å². The summed E-state index contributed by atoms with van der Waals surface area (Å²) >= 11 is 0. The Bertz CT molecular complexity index is 2410. The van der Waals surface area contributed by atoms with Crippen LogP contribution in [0, 0.1) is 0 Å². The zero-order valence-electron chi connectivity index (χ0n) is 36.5. The number of fused-ring (bicyclic) bond motifs is 3. The van der Waals surface area contributed by atoms with Crippen LogP contribution in [0.3, 0.4) is 0 Å². The Morgan fingerprint density at radius 2 is 0.781 bits per heavy atom. The van der Waals surface area contributed by atoms with Gasteiger partial charge in [0.1, 0.15) is 0 Å². The van der Waals surface area contributed by atoms with Crippen molar-refractivity contribution in [2.45, 2.75) is 33.1 Å². The fourth-order valence-corrected chi connectivity index (χ4v) is 7.50. The van der Waals surface area contributed by atoms with E-state index in [1.807, 2.05) is 76.2 Å². The van der Waals surface area contributed by atoms with Gasteiger partial charge < -0.3 is 33.5 Å². The van der Waals surface area contributed by atoms with E-state index in [-0.39, 0.29) is 36.2 Å². The van der Waals surface area contributed by atoms with Crippen LogP contribution >= 0.6 is 0 Å². The SMILES string of the molecule is C=CC(=O)O.C=CC(=O)Oc1ccc(C2(c3ccc(OC(=O)C=C)c(OCC)c3OCC)c3ccccc3-c3ccccc32)c(OCC)c1OCC.c1ccc(-c2ccccc2)cc1. The molecular weight excluding hydrogens is 809 g/mol. The largest absolute Gasteiger partial charge is 0.489 e. The highest BCUT2D eigenvalue weighted by Crippen LogP contribution is 2.62. The molecule has 6 aromatic carbocycles. The monoisotopic (exact) mass is 860 g/mol. The molecule has 0 saturated heterocycles. The third-order valence-corrected chi connectivity index (χ3v) is 9.88. The maximum atomic E-state index is 12.4. The predicted octanol–water partition coefficient (Wildman–Crippen LogP) is 11.4. The van der Waals surface area contributed by atoms with Crippen molar-refractivity contribution in [3.63, 3.8) is 0 Å². The number of ether oxygens (including phenoxy) is 6. The van der Waals surface area contributed by atoms with Crippen molar-refractivity contribution < 1.29 is 47.9 Å². The minimum absolute atomic E-state index is 0.199. The van der Waals surface area contributed by atoms with Crippen LogP contribution in [0.4, 0.5) is 0 Å². The molecule has 0 bridgehead atoms. The van der Waals surface area contributed by atoms with Crippen molar-refractivity contribution >= 4 is 17.9 Å². The molecule has 0 radical (unpaired) electrons. The zero-order valence-corrected chi connectivity index (χ0v) is 36.5. The summed E-state index contributed by atoms with van der Waals surface area (Å²) in [5.41, 5.74) is 6.88. The van der Waals surface area contributed by atoms with E-state index in [0.717, 1.165) is 51.6 Å². The van der Waals surface area contributed by atoms with Gasteiger partial charge in [-0.1, -0.05) is 129 Å². The summed E-state index contributed by atoms with van der Waals surface area (Å²) in [5, 5.41) is 7.60. The molecule has 0 aliphatic heterocycles. The normalized spacial score (nSPS) is 11.3. The fourth-order valence-electron chi connectivity index (χ4n) is 7.50. The second kappa shape index (κ2) is 22.8. The number of benzene rings is 6. The Balaban J connectivity index is 0.000000376. The van der Waals surface area contributed by atoms with E-state index in [0.29, 0.717) is 24.7 Å². The van der Waals surface area contributed by atoms with Crippen LogP contribution in [0.25, 0.3) is 22.3 Å². The first-order chi connectivity index (χ1) is 31.1. The molecule has 0 amide bonds. The number of carbonyl (C=O) groups is 3. The molecule has 7 rings (SSSR count). The second-order valence-corrected chi connectivity index (χ2v) is 13.6. The van der Waals surface area contributed by atoms with Crippen LogP contribution < -0.4 is 28.4 Å². The standard InChI is InChI=1S/C39H38O8.C12H10.C3H4O2/c1-7-33(40)46-31-23-21-29(35(42-9-3)37(31)44-11-5)39(27-19-15-13-17-25(27)26-18-14-16-20-28(26)39)30-22-24-32(47-34(41)8-2)38(45-12-6)36(30)43-10-4;1-3-7-11(8-4-1)12-9-5-2-6-10-12;1-2-3(4)5/h7-8,13-24H,1-2,9-12H2,3-6H3;1-10H;2H,1H2,(H,4,5). The summed E-state index contributed by atoms with van der Waals surface area (Å²) in [4.78, 5) is 34.0. The third kappa shape index (κ3) is 10.3. The quantitative estimate of drug-likeness (QED) is 0.0570. The van der Waals surface area contributed by atoms with Crippen LogP contribution in [0.1, 0.15) is 49.9 Å². The molecule has 10 heteroatoms. The van der Waals surface area contributed by atoms with Gasteiger partial charge in [0.15, 0.2) is 23.0 Å². The van der Waals surface area contributed by atoms with E-state index in [1.165, 1.54) is 11.1 Å². The van der Waals surface area contributed by atoms with Gasteiger partial charge in [-0.25, -0.2) is 14.4 Å². The highest BCUT2D eigenvalue weighted by atomic mass is 16.6. The third-order valence-electron chi connectivity index (χ3n) is 9.88. The maximum absolute atomic E-state index is 12.4. The molecule has 0 fully saturated rings. The van der Waals surface area contributed by atoms with E-state index in [4.69, 9.17) is 33.5 Å². The van der Waals surface area contributed by atoms with Gasteiger partial charge >= 0.3 is 17.9 Å². The van der Waals surface area contributed by atoms with Gasteiger partial charge in [0.2, 0.25) is 11.5 Å². The van der Waals surface area contributed by atoms with E-state index in [2.05, 4.69) is 92.5 Å². The van der Waals surface area contributed by atoms with Crippen LogP contribution in [0.2, 0.25) is 0 Å². The maximum Gasteiger partial charge on any atom is 0.335 e. The molecule has 0 aromatic heterocycles.